The fourth-order valence-corrected chi connectivity index (χ4v) is 9.78. The van der Waals surface area contributed by atoms with Crippen LogP contribution in [0.5, 0.6) is 0 Å². The summed E-state index contributed by atoms with van der Waals surface area (Å²) >= 11 is 1.88. The van der Waals surface area contributed by atoms with E-state index in [9.17, 15) is 0 Å². The van der Waals surface area contributed by atoms with Crippen LogP contribution in [0.1, 0.15) is 0 Å². The number of fused-ring (bicyclic) bond motifs is 7. The summed E-state index contributed by atoms with van der Waals surface area (Å²) in [5, 5.41) is 10.1. The molecule has 1 heterocycles. The topological polar surface area (TPSA) is 3.24 Å². The van der Waals surface area contributed by atoms with Gasteiger partial charge >= 0.3 is 0 Å². The van der Waals surface area contributed by atoms with Gasteiger partial charge in [0.1, 0.15) is 0 Å². The second-order valence-electron chi connectivity index (χ2n) is 14.5. The van der Waals surface area contributed by atoms with Crippen molar-refractivity contribution >= 4 is 80.9 Å². The molecule has 56 heavy (non-hydrogen) atoms. The summed E-state index contributed by atoms with van der Waals surface area (Å²) in [4.78, 5) is 2.44. The molecule has 0 saturated heterocycles. The molecule has 11 rings (SSSR count). The van der Waals surface area contributed by atoms with Crippen LogP contribution in [0.15, 0.2) is 212 Å². The SMILES string of the molecule is c1ccc(-c2cccc3c2sc2ccc(-c4cccc(N(c5ccc(-c6cccc7ccccc67)cc5)c5cc6ccccc6c6ccccc56)c4)cc23)cc1. The molecule has 0 bridgehead atoms. The summed E-state index contributed by atoms with van der Waals surface area (Å²) in [5.74, 6) is 0. The minimum atomic E-state index is 1.11. The van der Waals surface area contributed by atoms with Gasteiger partial charge in [-0.1, -0.05) is 170 Å². The zero-order valence-corrected chi connectivity index (χ0v) is 31.4. The van der Waals surface area contributed by atoms with Crippen molar-refractivity contribution in [3.05, 3.63) is 212 Å². The first-order chi connectivity index (χ1) is 27.8. The van der Waals surface area contributed by atoms with Crippen LogP contribution in [0, 0.1) is 0 Å². The average Bonchev–Trinajstić information content (AvgIpc) is 3.65. The van der Waals surface area contributed by atoms with E-state index in [4.69, 9.17) is 0 Å². The Bertz CT molecular complexity index is 3240. The van der Waals surface area contributed by atoms with Crippen molar-refractivity contribution in [2.45, 2.75) is 0 Å². The molecule has 2 heteroatoms. The first kappa shape index (κ1) is 32.4. The lowest BCUT2D eigenvalue weighted by molar-refractivity contribution is 1.30. The third-order valence-corrected chi connectivity index (χ3v) is 12.5. The average molecular weight is 730 g/mol. The van der Waals surface area contributed by atoms with E-state index in [1.807, 2.05) is 11.3 Å². The van der Waals surface area contributed by atoms with Crippen LogP contribution in [0.2, 0.25) is 0 Å². The summed E-state index contributed by atoms with van der Waals surface area (Å²) in [6, 6.07) is 77.7. The normalized spacial score (nSPS) is 11.6. The summed E-state index contributed by atoms with van der Waals surface area (Å²) in [7, 11) is 0. The number of benzene rings is 10. The third-order valence-electron chi connectivity index (χ3n) is 11.2. The largest absolute Gasteiger partial charge is 0.310 e. The zero-order chi connectivity index (χ0) is 37.0. The Balaban J connectivity index is 1.08. The van der Waals surface area contributed by atoms with Crippen LogP contribution in [-0.2, 0) is 0 Å². The molecule has 11 aromatic rings. The fourth-order valence-electron chi connectivity index (χ4n) is 8.56. The van der Waals surface area contributed by atoms with Crippen molar-refractivity contribution in [1.82, 2.24) is 0 Å². The number of anilines is 3. The van der Waals surface area contributed by atoms with Gasteiger partial charge < -0.3 is 4.90 Å². The van der Waals surface area contributed by atoms with Crippen molar-refractivity contribution in [1.29, 1.82) is 0 Å². The second-order valence-corrected chi connectivity index (χ2v) is 15.5. The molecular weight excluding hydrogens is 695 g/mol. The summed E-state index contributed by atoms with van der Waals surface area (Å²) in [6.45, 7) is 0. The van der Waals surface area contributed by atoms with E-state index in [2.05, 4.69) is 217 Å². The Morgan fingerprint density at radius 3 is 1.75 bits per heavy atom. The van der Waals surface area contributed by atoms with Gasteiger partial charge in [0.2, 0.25) is 0 Å². The van der Waals surface area contributed by atoms with Crippen molar-refractivity contribution < 1.29 is 0 Å². The quantitative estimate of drug-likeness (QED) is 0.154. The van der Waals surface area contributed by atoms with E-state index in [1.165, 1.54) is 85.9 Å². The molecule has 0 radical (unpaired) electrons. The summed E-state index contributed by atoms with van der Waals surface area (Å²) < 4.78 is 2.64. The highest BCUT2D eigenvalue weighted by Gasteiger charge is 2.19. The third kappa shape index (κ3) is 5.46. The molecule has 0 spiro atoms. The highest BCUT2D eigenvalue weighted by Crippen LogP contribution is 2.45. The Labute approximate surface area is 330 Å². The molecular formula is C54H35NS. The monoisotopic (exact) mass is 729 g/mol. The van der Waals surface area contributed by atoms with E-state index in [-0.39, 0.29) is 0 Å². The van der Waals surface area contributed by atoms with Gasteiger partial charge in [-0.3, -0.25) is 0 Å². The molecule has 0 atom stereocenters. The van der Waals surface area contributed by atoms with Gasteiger partial charge in [0, 0.05) is 36.9 Å². The molecule has 0 amide bonds. The van der Waals surface area contributed by atoms with E-state index in [1.54, 1.807) is 0 Å². The maximum Gasteiger partial charge on any atom is 0.0546 e. The molecule has 1 aromatic heterocycles. The van der Waals surface area contributed by atoms with E-state index >= 15 is 0 Å². The maximum absolute atomic E-state index is 2.44. The minimum Gasteiger partial charge on any atom is -0.310 e. The number of rotatable bonds is 6. The lowest BCUT2D eigenvalue weighted by Gasteiger charge is -2.28. The first-order valence-electron chi connectivity index (χ1n) is 19.2. The minimum absolute atomic E-state index is 1.11. The van der Waals surface area contributed by atoms with E-state index in [0.717, 1.165) is 17.1 Å². The summed E-state index contributed by atoms with van der Waals surface area (Å²) in [6.07, 6.45) is 0. The van der Waals surface area contributed by atoms with Crippen LogP contribution in [-0.4, -0.2) is 0 Å². The Hall–Kier alpha value is -7.00. The number of hydrogen-bond donors (Lipinski definition) is 0. The van der Waals surface area contributed by atoms with Gasteiger partial charge in [0.25, 0.3) is 0 Å². The van der Waals surface area contributed by atoms with Gasteiger partial charge in [-0.05, 0) is 103 Å². The number of thiophene rings is 1. The van der Waals surface area contributed by atoms with Crippen LogP contribution >= 0.6 is 11.3 Å². The molecule has 1 nitrogen and oxygen atoms in total. The Kier molecular flexibility index (Phi) is 7.75. The lowest BCUT2D eigenvalue weighted by Crippen LogP contribution is -2.10. The zero-order valence-electron chi connectivity index (χ0n) is 30.6. The molecule has 0 N–H and O–H groups in total. The summed E-state index contributed by atoms with van der Waals surface area (Å²) in [5.41, 5.74) is 10.8. The Morgan fingerprint density at radius 1 is 0.304 bits per heavy atom. The molecule has 10 aromatic carbocycles. The highest BCUT2D eigenvalue weighted by atomic mass is 32.1. The molecule has 0 aliphatic heterocycles. The maximum atomic E-state index is 2.44. The van der Waals surface area contributed by atoms with Crippen LogP contribution in [0.4, 0.5) is 17.1 Å². The van der Waals surface area contributed by atoms with Gasteiger partial charge in [-0.25, -0.2) is 0 Å². The fraction of sp³-hybridized carbons (Fsp3) is 0. The molecule has 262 valence electrons. The van der Waals surface area contributed by atoms with Gasteiger partial charge in [-0.15, -0.1) is 11.3 Å². The van der Waals surface area contributed by atoms with Gasteiger partial charge in [0.15, 0.2) is 0 Å². The first-order valence-corrected chi connectivity index (χ1v) is 20.0. The van der Waals surface area contributed by atoms with Crippen molar-refractivity contribution in [2.24, 2.45) is 0 Å². The molecule has 0 fully saturated rings. The van der Waals surface area contributed by atoms with Crippen molar-refractivity contribution in [2.75, 3.05) is 4.90 Å². The van der Waals surface area contributed by atoms with Crippen molar-refractivity contribution in [3.63, 3.8) is 0 Å². The van der Waals surface area contributed by atoms with Crippen LogP contribution in [0.3, 0.4) is 0 Å². The van der Waals surface area contributed by atoms with Gasteiger partial charge in [0.05, 0.1) is 5.69 Å². The van der Waals surface area contributed by atoms with E-state index < -0.39 is 0 Å². The van der Waals surface area contributed by atoms with Crippen LogP contribution in [0.25, 0.3) is 85.9 Å². The van der Waals surface area contributed by atoms with Gasteiger partial charge in [-0.2, -0.15) is 0 Å². The number of hydrogen-bond acceptors (Lipinski definition) is 2. The standard InChI is InChI=1S/C54H35NS/c1-2-13-37(14-3-1)47-25-12-26-50-51-34-40(29-32-53(51)56-54(47)50)39-18-10-19-43(33-39)55(52-35-41-16-5-7-21-46(41)48-22-8-9-23-49(48)52)42-30-27-38(28-31-42)45-24-11-17-36-15-4-6-20-44(36)45/h1-35H. The Morgan fingerprint density at radius 2 is 0.893 bits per heavy atom. The smallest absolute Gasteiger partial charge is 0.0546 e. The molecule has 0 aliphatic rings. The van der Waals surface area contributed by atoms with Crippen molar-refractivity contribution in [3.8, 4) is 33.4 Å². The lowest BCUT2D eigenvalue weighted by atomic mass is 9.97. The molecule has 0 saturated carbocycles. The number of nitrogens with zero attached hydrogens (tertiary/aromatic N) is 1. The predicted molar refractivity (Wildman–Crippen MR) is 243 cm³/mol. The second kappa shape index (κ2) is 13.4. The predicted octanol–water partition coefficient (Wildman–Crippen LogP) is 16.0. The highest BCUT2D eigenvalue weighted by molar-refractivity contribution is 7.26. The van der Waals surface area contributed by atoms with E-state index in [0.29, 0.717) is 0 Å². The molecule has 0 unspecified atom stereocenters. The molecule has 0 aliphatic carbocycles. The van der Waals surface area contributed by atoms with Crippen LogP contribution < -0.4 is 4.90 Å².